The number of nitrogens with zero attached hydrogens (tertiary/aromatic N) is 3. The van der Waals surface area contributed by atoms with E-state index < -0.39 is 0 Å². The van der Waals surface area contributed by atoms with Crippen molar-refractivity contribution < 1.29 is 4.74 Å². The molecule has 1 N–H and O–H groups in total. The summed E-state index contributed by atoms with van der Waals surface area (Å²) in [6, 6.07) is 0.260. The number of morpholine rings is 1. The Balaban J connectivity index is 1.89. The van der Waals surface area contributed by atoms with E-state index in [1.165, 1.54) is 11.5 Å². The molecule has 0 amide bonds. The summed E-state index contributed by atoms with van der Waals surface area (Å²) in [5, 5.41) is 4.27. The van der Waals surface area contributed by atoms with Crippen molar-refractivity contribution in [1.29, 1.82) is 0 Å². The summed E-state index contributed by atoms with van der Waals surface area (Å²) in [6.45, 7) is 6.99. The number of rotatable bonds is 4. The first-order valence-electron chi connectivity index (χ1n) is 6.08. The molecule has 96 valence electrons. The minimum absolute atomic E-state index is 0.225. The Hall–Kier alpha value is -0.720. The van der Waals surface area contributed by atoms with Crippen LogP contribution in [0.3, 0.4) is 0 Å². The third kappa shape index (κ3) is 3.37. The number of hydrogen-bond acceptors (Lipinski definition) is 6. The van der Waals surface area contributed by atoms with Crippen molar-refractivity contribution in [2.45, 2.75) is 32.4 Å². The molecule has 1 aliphatic heterocycles. The summed E-state index contributed by atoms with van der Waals surface area (Å²) in [5.41, 5.74) is 0. The SMILES string of the molecule is CCc1nsc(NC(C)C2CN(C)CCO2)n1. The van der Waals surface area contributed by atoms with Gasteiger partial charge in [0.25, 0.3) is 0 Å². The van der Waals surface area contributed by atoms with E-state index in [1.807, 2.05) is 0 Å². The van der Waals surface area contributed by atoms with Crippen molar-refractivity contribution in [3.8, 4) is 0 Å². The molecule has 1 fully saturated rings. The molecule has 5 nitrogen and oxygen atoms in total. The van der Waals surface area contributed by atoms with Gasteiger partial charge in [-0.25, -0.2) is 4.98 Å². The number of anilines is 1. The van der Waals surface area contributed by atoms with Gasteiger partial charge in [-0.15, -0.1) is 0 Å². The minimum Gasteiger partial charge on any atom is -0.373 e. The van der Waals surface area contributed by atoms with E-state index in [4.69, 9.17) is 4.74 Å². The molecular formula is C11H20N4OS. The minimum atomic E-state index is 0.225. The molecule has 0 radical (unpaired) electrons. The number of aryl methyl sites for hydroxylation is 1. The lowest BCUT2D eigenvalue weighted by Crippen LogP contribution is -2.47. The van der Waals surface area contributed by atoms with Gasteiger partial charge < -0.3 is 15.0 Å². The molecule has 1 saturated heterocycles. The Labute approximate surface area is 106 Å². The molecule has 2 atom stereocenters. The van der Waals surface area contributed by atoms with Gasteiger partial charge in [0.2, 0.25) is 5.13 Å². The number of aromatic nitrogens is 2. The van der Waals surface area contributed by atoms with E-state index in [9.17, 15) is 0 Å². The number of ether oxygens (including phenoxy) is 1. The van der Waals surface area contributed by atoms with Crippen molar-refractivity contribution in [3.05, 3.63) is 5.82 Å². The highest BCUT2D eigenvalue weighted by molar-refractivity contribution is 7.09. The van der Waals surface area contributed by atoms with E-state index in [-0.39, 0.29) is 12.1 Å². The normalized spacial score (nSPS) is 23.6. The zero-order valence-electron chi connectivity index (χ0n) is 10.6. The fourth-order valence-electron chi connectivity index (χ4n) is 1.86. The van der Waals surface area contributed by atoms with E-state index in [0.29, 0.717) is 0 Å². The van der Waals surface area contributed by atoms with Gasteiger partial charge in [-0.3, -0.25) is 0 Å². The van der Waals surface area contributed by atoms with Crippen LogP contribution in [0.4, 0.5) is 5.13 Å². The third-order valence-corrected chi connectivity index (χ3v) is 3.67. The molecule has 0 saturated carbocycles. The Bertz CT molecular complexity index is 357. The molecule has 0 bridgehead atoms. The first-order chi connectivity index (χ1) is 8.19. The third-order valence-electron chi connectivity index (χ3n) is 2.99. The first kappa shape index (κ1) is 12.7. The maximum Gasteiger partial charge on any atom is 0.202 e. The summed E-state index contributed by atoms with van der Waals surface area (Å²) in [7, 11) is 2.13. The molecule has 1 aliphatic rings. The second kappa shape index (κ2) is 5.75. The molecule has 2 unspecified atom stereocenters. The Morgan fingerprint density at radius 3 is 3.12 bits per heavy atom. The summed E-state index contributed by atoms with van der Waals surface area (Å²) in [6.07, 6.45) is 1.11. The second-order valence-electron chi connectivity index (χ2n) is 4.47. The van der Waals surface area contributed by atoms with Crippen LogP contribution in [0.15, 0.2) is 0 Å². The van der Waals surface area contributed by atoms with Crippen molar-refractivity contribution in [3.63, 3.8) is 0 Å². The average molecular weight is 256 g/mol. The van der Waals surface area contributed by atoms with Gasteiger partial charge in [-0.1, -0.05) is 6.92 Å². The fraction of sp³-hybridized carbons (Fsp3) is 0.818. The topological polar surface area (TPSA) is 50.3 Å². The summed E-state index contributed by atoms with van der Waals surface area (Å²) in [4.78, 5) is 6.71. The van der Waals surface area contributed by atoms with E-state index in [2.05, 4.69) is 40.5 Å². The molecule has 0 aliphatic carbocycles. The van der Waals surface area contributed by atoms with Crippen molar-refractivity contribution in [1.82, 2.24) is 14.3 Å². The van der Waals surface area contributed by atoms with E-state index in [1.54, 1.807) is 0 Å². The monoisotopic (exact) mass is 256 g/mol. The van der Waals surface area contributed by atoms with Gasteiger partial charge in [-0.05, 0) is 14.0 Å². The number of likely N-dealkylation sites (N-methyl/N-ethyl adjacent to an activating group) is 1. The molecule has 2 heterocycles. The zero-order chi connectivity index (χ0) is 12.3. The lowest BCUT2D eigenvalue weighted by molar-refractivity contribution is -0.0259. The lowest BCUT2D eigenvalue weighted by atomic mass is 10.1. The average Bonchev–Trinajstić information content (AvgIpc) is 2.77. The smallest absolute Gasteiger partial charge is 0.202 e. The van der Waals surface area contributed by atoms with Crippen LogP contribution in [0.2, 0.25) is 0 Å². The van der Waals surface area contributed by atoms with Gasteiger partial charge in [-0.2, -0.15) is 4.37 Å². The zero-order valence-corrected chi connectivity index (χ0v) is 11.5. The van der Waals surface area contributed by atoms with Crippen molar-refractivity contribution >= 4 is 16.7 Å². The van der Waals surface area contributed by atoms with Gasteiger partial charge in [0.15, 0.2) is 0 Å². The highest BCUT2D eigenvalue weighted by atomic mass is 32.1. The predicted octanol–water partition coefficient (Wildman–Crippen LogP) is 1.23. The first-order valence-corrected chi connectivity index (χ1v) is 6.85. The van der Waals surface area contributed by atoms with Crippen LogP contribution in [0.5, 0.6) is 0 Å². The van der Waals surface area contributed by atoms with Gasteiger partial charge in [0.1, 0.15) is 5.82 Å². The summed E-state index contributed by atoms with van der Waals surface area (Å²) in [5.74, 6) is 0.909. The second-order valence-corrected chi connectivity index (χ2v) is 5.23. The Kier molecular flexibility index (Phi) is 4.31. The summed E-state index contributed by atoms with van der Waals surface area (Å²) >= 11 is 1.43. The van der Waals surface area contributed by atoms with Crippen LogP contribution < -0.4 is 5.32 Å². The predicted molar refractivity (Wildman–Crippen MR) is 69.6 cm³/mol. The maximum atomic E-state index is 5.77. The van der Waals surface area contributed by atoms with Crippen molar-refractivity contribution in [2.75, 3.05) is 32.1 Å². The Morgan fingerprint density at radius 1 is 1.65 bits per heavy atom. The molecule has 2 rings (SSSR count). The number of hydrogen-bond donors (Lipinski definition) is 1. The van der Waals surface area contributed by atoms with Crippen LogP contribution >= 0.6 is 11.5 Å². The largest absolute Gasteiger partial charge is 0.373 e. The van der Waals surface area contributed by atoms with E-state index in [0.717, 1.165) is 37.1 Å². The molecule has 0 spiro atoms. The molecule has 1 aromatic heterocycles. The van der Waals surface area contributed by atoms with Crippen molar-refractivity contribution in [2.24, 2.45) is 0 Å². The fourth-order valence-corrected chi connectivity index (χ4v) is 2.60. The summed E-state index contributed by atoms with van der Waals surface area (Å²) < 4.78 is 10.0. The molecule has 17 heavy (non-hydrogen) atoms. The quantitative estimate of drug-likeness (QED) is 0.878. The molecule has 6 heteroatoms. The van der Waals surface area contributed by atoms with Crippen LogP contribution in [0.25, 0.3) is 0 Å². The van der Waals surface area contributed by atoms with E-state index >= 15 is 0 Å². The highest BCUT2D eigenvalue weighted by Gasteiger charge is 2.24. The van der Waals surface area contributed by atoms with Gasteiger partial charge >= 0.3 is 0 Å². The van der Waals surface area contributed by atoms with Crippen LogP contribution in [0.1, 0.15) is 19.7 Å². The highest BCUT2D eigenvalue weighted by Crippen LogP contribution is 2.16. The molecule has 1 aromatic rings. The van der Waals surface area contributed by atoms with Gasteiger partial charge in [0.05, 0.1) is 18.8 Å². The van der Waals surface area contributed by atoms with Crippen LogP contribution in [-0.2, 0) is 11.2 Å². The van der Waals surface area contributed by atoms with Crippen LogP contribution in [0, 0.1) is 0 Å². The van der Waals surface area contributed by atoms with Crippen LogP contribution in [-0.4, -0.2) is 53.1 Å². The lowest BCUT2D eigenvalue weighted by Gasteiger charge is -2.33. The Morgan fingerprint density at radius 2 is 2.47 bits per heavy atom. The maximum absolute atomic E-state index is 5.77. The number of nitrogens with one attached hydrogen (secondary N) is 1. The standard InChI is InChI=1S/C11H20N4OS/c1-4-10-13-11(17-14-10)12-8(2)9-7-15(3)5-6-16-9/h8-9H,4-7H2,1-3H3,(H,12,13,14). The molecular weight excluding hydrogens is 236 g/mol. The molecule has 0 aromatic carbocycles. The van der Waals surface area contributed by atoms with Gasteiger partial charge in [0, 0.05) is 31.0 Å².